The number of rotatable bonds is 5. The number of hydrogen-bond acceptors (Lipinski definition) is 8. The zero-order valence-electron chi connectivity index (χ0n) is 11.9. The maximum Gasteiger partial charge on any atom is 0.229 e. The number of benzene rings is 1. The highest BCUT2D eigenvalue weighted by Gasteiger charge is 2.47. The van der Waals surface area contributed by atoms with Gasteiger partial charge in [0.1, 0.15) is 42.0 Å². The van der Waals surface area contributed by atoms with Crippen LogP contribution in [0.25, 0.3) is 0 Å². The van der Waals surface area contributed by atoms with Gasteiger partial charge in [0.15, 0.2) is 0 Å². The van der Waals surface area contributed by atoms with Crippen LogP contribution in [0.15, 0.2) is 24.3 Å². The molecule has 1 aliphatic rings. The number of hydrogen-bond donors (Lipinski definition) is 5. The highest BCUT2D eigenvalue weighted by molar-refractivity contribution is 5.31. The number of aliphatic hydroxyl groups is 5. The van der Waals surface area contributed by atoms with Crippen LogP contribution in [-0.2, 0) is 4.74 Å². The van der Waals surface area contributed by atoms with Gasteiger partial charge in [-0.25, -0.2) is 0 Å². The number of methoxy groups -OCH3 is 1. The summed E-state index contributed by atoms with van der Waals surface area (Å²) in [5, 5.41) is 48.1. The van der Waals surface area contributed by atoms with Gasteiger partial charge in [-0.3, -0.25) is 0 Å². The van der Waals surface area contributed by atoms with E-state index in [1.807, 2.05) is 0 Å². The van der Waals surface area contributed by atoms with E-state index >= 15 is 0 Å². The van der Waals surface area contributed by atoms with Gasteiger partial charge in [0.25, 0.3) is 0 Å². The fourth-order valence-corrected chi connectivity index (χ4v) is 2.18. The summed E-state index contributed by atoms with van der Waals surface area (Å²) in [6, 6.07) is 6.42. The molecule has 0 bridgehead atoms. The lowest BCUT2D eigenvalue weighted by molar-refractivity contribution is -0.290. The van der Waals surface area contributed by atoms with Gasteiger partial charge in [0.2, 0.25) is 6.29 Å². The summed E-state index contributed by atoms with van der Waals surface area (Å²) in [5.74, 6) is 0.951. The molecule has 1 aromatic carbocycles. The third-order valence-electron chi connectivity index (χ3n) is 3.48. The average molecular weight is 316 g/mol. The fourth-order valence-electron chi connectivity index (χ4n) is 2.18. The Morgan fingerprint density at radius 3 is 2.18 bits per heavy atom. The zero-order valence-corrected chi connectivity index (χ0v) is 11.9. The van der Waals surface area contributed by atoms with Crippen LogP contribution in [0.1, 0.15) is 0 Å². The predicted molar refractivity (Wildman–Crippen MR) is 73.4 cm³/mol. The van der Waals surface area contributed by atoms with E-state index < -0.39 is 43.4 Å². The monoisotopic (exact) mass is 316 g/mol. The van der Waals surface area contributed by atoms with E-state index in [1.54, 1.807) is 24.3 Å². The SMILES string of the molecule is COc1ccc(O[C@H]2O[C@H]([C@@H](O)CO)[C@@H](O)[C@H](O)[C@@H]2O)cc1. The molecule has 1 saturated heterocycles. The molecule has 0 aliphatic carbocycles. The van der Waals surface area contributed by atoms with Crippen LogP contribution in [0.5, 0.6) is 11.5 Å². The third kappa shape index (κ3) is 3.49. The Balaban J connectivity index is 2.10. The van der Waals surface area contributed by atoms with Crippen molar-refractivity contribution in [1.82, 2.24) is 0 Å². The lowest BCUT2D eigenvalue weighted by Crippen LogP contribution is -2.62. The number of aliphatic hydroxyl groups excluding tert-OH is 5. The molecule has 0 unspecified atom stereocenters. The largest absolute Gasteiger partial charge is 0.497 e. The molecule has 1 heterocycles. The van der Waals surface area contributed by atoms with E-state index in [2.05, 4.69) is 0 Å². The molecule has 1 aromatic rings. The number of ether oxygens (including phenoxy) is 3. The van der Waals surface area contributed by atoms with Gasteiger partial charge in [0.05, 0.1) is 13.7 Å². The molecule has 5 N–H and O–H groups in total. The minimum atomic E-state index is -1.58. The summed E-state index contributed by atoms with van der Waals surface area (Å²) >= 11 is 0. The van der Waals surface area contributed by atoms with Crippen molar-refractivity contribution in [2.75, 3.05) is 13.7 Å². The van der Waals surface area contributed by atoms with Crippen LogP contribution in [0, 0.1) is 0 Å². The van der Waals surface area contributed by atoms with Crippen LogP contribution in [-0.4, -0.2) is 76.1 Å². The molecule has 0 amide bonds. The highest BCUT2D eigenvalue weighted by Crippen LogP contribution is 2.26. The zero-order chi connectivity index (χ0) is 16.3. The first-order chi connectivity index (χ1) is 10.5. The second-order valence-corrected chi connectivity index (χ2v) is 4.98. The van der Waals surface area contributed by atoms with Gasteiger partial charge in [-0.05, 0) is 24.3 Å². The highest BCUT2D eigenvalue weighted by atomic mass is 16.7. The summed E-state index contributed by atoms with van der Waals surface area (Å²) < 4.78 is 15.7. The van der Waals surface area contributed by atoms with E-state index in [4.69, 9.17) is 19.3 Å². The topological polar surface area (TPSA) is 129 Å². The Bertz CT molecular complexity index is 464. The Morgan fingerprint density at radius 2 is 1.64 bits per heavy atom. The van der Waals surface area contributed by atoms with Crippen molar-refractivity contribution in [3.8, 4) is 11.5 Å². The Labute approximate surface area is 127 Å². The van der Waals surface area contributed by atoms with Crippen molar-refractivity contribution in [2.45, 2.75) is 36.8 Å². The van der Waals surface area contributed by atoms with Crippen LogP contribution >= 0.6 is 0 Å². The molecule has 2 rings (SSSR count). The van der Waals surface area contributed by atoms with Crippen molar-refractivity contribution in [3.63, 3.8) is 0 Å². The summed E-state index contributed by atoms with van der Waals surface area (Å²) in [4.78, 5) is 0. The van der Waals surface area contributed by atoms with E-state index in [0.29, 0.717) is 11.5 Å². The minimum absolute atomic E-state index is 0.339. The molecule has 0 spiro atoms. The van der Waals surface area contributed by atoms with E-state index in [0.717, 1.165) is 0 Å². The fraction of sp³-hybridized carbons (Fsp3) is 0.571. The molecule has 8 nitrogen and oxygen atoms in total. The molecule has 124 valence electrons. The van der Waals surface area contributed by atoms with E-state index in [-0.39, 0.29) is 0 Å². The molecule has 0 saturated carbocycles. The lowest BCUT2D eigenvalue weighted by atomic mass is 9.95. The third-order valence-corrected chi connectivity index (χ3v) is 3.48. The quantitative estimate of drug-likeness (QED) is 0.432. The van der Waals surface area contributed by atoms with Gasteiger partial charge >= 0.3 is 0 Å². The Kier molecular flexibility index (Phi) is 5.57. The maximum atomic E-state index is 9.91. The van der Waals surface area contributed by atoms with Crippen molar-refractivity contribution < 1.29 is 39.7 Å². The summed E-state index contributed by atoms with van der Waals surface area (Å²) in [6.45, 7) is -0.667. The van der Waals surface area contributed by atoms with Crippen LogP contribution < -0.4 is 9.47 Å². The molecule has 6 atom stereocenters. The van der Waals surface area contributed by atoms with Gasteiger partial charge in [0, 0.05) is 0 Å². The van der Waals surface area contributed by atoms with Gasteiger partial charge in [-0.15, -0.1) is 0 Å². The van der Waals surface area contributed by atoms with Gasteiger partial charge in [-0.2, -0.15) is 0 Å². The molecular weight excluding hydrogens is 296 g/mol. The molecule has 1 aliphatic heterocycles. The maximum absolute atomic E-state index is 9.91. The van der Waals surface area contributed by atoms with E-state index in [9.17, 15) is 20.4 Å². The minimum Gasteiger partial charge on any atom is -0.497 e. The predicted octanol–water partition coefficient (Wildman–Crippen LogP) is -1.77. The molecule has 8 heteroatoms. The molecule has 0 radical (unpaired) electrons. The lowest BCUT2D eigenvalue weighted by Gasteiger charge is -2.41. The molecule has 22 heavy (non-hydrogen) atoms. The first kappa shape index (κ1) is 16.9. The van der Waals surface area contributed by atoms with Crippen LogP contribution in [0.2, 0.25) is 0 Å². The molecule has 0 aromatic heterocycles. The summed E-state index contributed by atoms with van der Waals surface area (Å²) in [5.41, 5.74) is 0. The average Bonchev–Trinajstić information content (AvgIpc) is 2.55. The molecule has 1 fully saturated rings. The van der Waals surface area contributed by atoms with Crippen molar-refractivity contribution in [2.24, 2.45) is 0 Å². The van der Waals surface area contributed by atoms with Crippen LogP contribution in [0.4, 0.5) is 0 Å². The summed E-state index contributed by atoms with van der Waals surface area (Å²) in [7, 11) is 1.52. The van der Waals surface area contributed by atoms with Gasteiger partial charge < -0.3 is 39.7 Å². The summed E-state index contributed by atoms with van der Waals surface area (Å²) in [6.07, 6.45) is -8.65. The van der Waals surface area contributed by atoms with Crippen molar-refractivity contribution in [3.05, 3.63) is 24.3 Å². The van der Waals surface area contributed by atoms with Crippen LogP contribution in [0.3, 0.4) is 0 Å². The smallest absolute Gasteiger partial charge is 0.229 e. The van der Waals surface area contributed by atoms with Crippen molar-refractivity contribution in [1.29, 1.82) is 0 Å². The standard InChI is InChI=1S/C14H20O8/c1-20-7-2-4-8(5-3-7)21-14-12(19)10(17)11(18)13(22-14)9(16)6-15/h2-5,9-19H,6H2,1H3/t9-,10-,11-,12-,13+,14-/m0/s1. The van der Waals surface area contributed by atoms with Crippen molar-refractivity contribution >= 4 is 0 Å². The van der Waals surface area contributed by atoms with E-state index in [1.165, 1.54) is 7.11 Å². The Morgan fingerprint density at radius 1 is 1.05 bits per heavy atom. The molecular formula is C14H20O8. The normalized spacial score (nSPS) is 33.3. The Hall–Kier alpha value is -1.42. The van der Waals surface area contributed by atoms with Gasteiger partial charge in [-0.1, -0.05) is 0 Å². The second-order valence-electron chi connectivity index (χ2n) is 4.98. The first-order valence-electron chi connectivity index (χ1n) is 6.77. The second kappa shape index (κ2) is 7.23. The first-order valence-corrected chi connectivity index (χ1v) is 6.77.